The van der Waals surface area contributed by atoms with E-state index in [1.165, 1.54) is 0 Å². The lowest BCUT2D eigenvalue weighted by molar-refractivity contribution is -0.121. The number of halogens is 3. The van der Waals surface area contributed by atoms with Gasteiger partial charge in [0.05, 0.1) is 0 Å². The first-order chi connectivity index (χ1) is 8.28. The van der Waals surface area contributed by atoms with E-state index in [1.54, 1.807) is 4.72 Å². The number of nitrogens with zero attached hydrogens (tertiary/aromatic N) is 1. The Morgan fingerprint density at radius 2 is 2.06 bits per heavy atom. The lowest BCUT2D eigenvalue weighted by Gasteiger charge is -2.24. The van der Waals surface area contributed by atoms with Crippen LogP contribution in [0.2, 0.25) is 0 Å². The summed E-state index contributed by atoms with van der Waals surface area (Å²) in [7, 11) is -4.03. The zero-order valence-electron chi connectivity index (χ0n) is 9.70. The Hall–Kier alpha value is -0.380. The first-order valence-corrected chi connectivity index (χ1v) is 7.27. The van der Waals surface area contributed by atoms with Gasteiger partial charge in [-0.15, -0.1) is 0 Å². The molecule has 2 aliphatic rings. The second kappa shape index (κ2) is 4.95. The molecule has 9 heteroatoms. The quantitative estimate of drug-likeness (QED) is 0.772. The number of rotatable bonds is 3. The minimum absolute atomic E-state index is 0.0706. The summed E-state index contributed by atoms with van der Waals surface area (Å²) in [5.41, 5.74) is 0. The van der Waals surface area contributed by atoms with Gasteiger partial charge in [0.2, 0.25) is 0 Å². The van der Waals surface area contributed by atoms with Gasteiger partial charge >= 0.3 is 6.18 Å². The van der Waals surface area contributed by atoms with Gasteiger partial charge in [-0.1, -0.05) is 0 Å². The molecule has 0 saturated carbocycles. The van der Waals surface area contributed by atoms with Gasteiger partial charge < -0.3 is 5.32 Å². The molecule has 2 rings (SSSR count). The molecule has 18 heavy (non-hydrogen) atoms. The molecule has 0 aromatic heterocycles. The van der Waals surface area contributed by atoms with Crippen LogP contribution in [0.25, 0.3) is 0 Å². The Bertz CT molecular complexity index is 384. The fourth-order valence-corrected chi connectivity index (χ4v) is 3.74. The summed E-state index contributed by atoms with van der Waals surface area (Å²) in [6.07, 6.45) is -2.63. The highest BCUT2D eigenvalue weighted by Gasteiger charge is 2.40. The third kappa shape index (κ3) is 3.34. The molecule has 0 unspecified atom stereocenters. The van der Waals surface area contributed by atoms with Gasteiger partial charge in [-0.2, -0.15) is 30.6 Å². The Morgan fingerprint density at radius 1 is 1.33 bits per heavy atom. The first kappa shape index (κ1) is 14.0. The van der Waals surface area contributed by atoms with Crippen LogP contribution in [0.15, 0.2) is 0 Å². The Morgan fingerprint density at radius 3 is 2.67 bits per heavy atom. The summed E-state index contributed by atoms with van der Waals surface area (Å²) in [6, 6.07) is 0.0706. The number of nitrogens with one attached hydrogen (secondary N) is 2. The van der Waals surface area contributed by atoms with Crippen molar-refractivity contribution in [3.8, 4) is 0 Å². The SMILES string of the molecule is O=S(=O)(NCC(F)(F)F)N1C[C@@H]2CCCN[C@@H]2C1. The molecule has 0 bridgehead atoms. The van der Waals surface area contributed by atoms with Gasteiger partial charge in [0.25, 0.3) is 10.2 Å². The van der Waals surface area contributed by atoms with E-state index in [0.29, 0.717) is 6.54 Å². The molecule has 0 aromatic rings. The van der Waals surface area contributed by atoms with Crippen LogP contribution in [0, 0.1) is 5.92 Å². The highest BCUT2D eigenvalue weighted by molar-refractivity contribution is 7.87. The molecular weight excluding hydrogens is 271 g/mol. The van der Waals surface area contributed by atoms with Crippen molar-refractivity contribution in [2.75, 3.05) is 26.2 Å². The van der Waals surface area contributed by atoms with Gasteiger partial charge in [-0.25, -0.2) is 0 Å². The number of hydrogen-bond donors (Lipinski definition) is 2. The monoisotopic (exact) mass is 287 g/mol. The molecule has 2 atom stereocenters. The second-order valence-electron chi connectivity index (χ2n) is 4.72. The predicted molar refractivity (Wildman–Crippen MR) is 59.1 cm³/mol. The Kier molecular flexibility index (Phi) is 3.86. The summed E-state index contributed by atoms with van der Waals surface area (Å²) in [5, 5.41) is 3.20. The van der Waals surface area contributed by atoms with Gasteiger partial charge in [-0.3, -0.25) is 0 Å². The van der Waals surface area contributed by atoms with Crippen LogP contribution in [-0.2, 0) is 10.2 Å². The average Bonchev–Trinajstić information content (AvgIpc) is 2.70. The summed E-state index contributed by atoms with van der Waals surface area (Å²) < 4.78 is 62.2. The Labute approximate surface area is 104 Å². The third-order valence-electron chi connectivity index (χ3n) is 3.36. The lowest BCUT2D eigenvalue weighted by atomic mass is 9.94. The molecule has 0 aliphatic carbocycles. The summed E-state index contributed by atoms with van der Waals surface area (Å²) in [6.45, 7) is -0.137. The largest absolute Gasteiger partial charge is 0.402 e. The number of piperidine rings is 1. The van der Waals surface area contributed by atoms with Crippen molar-refractivity contribution in [3.63, 3.8) is 0 Å². The fraction of sp³-hybridized carbons (Fsp3) is 1.00. The molecule has 0 spiro atoms. The van der Waals surface area contributed by atoms with E-state index >= 15 is 0 Å². The minimum Gasteiger partial charge on any atom is -0.312 e. The summed E-state index contributed by atoms with van der Waals surface area (Å²) >= 11 is 0. The molecular formula is C9H16F3N3O2S. The standard InChI is InChI=1S/C9H16F3N3O2S/c10-9(11,12)6-14-18(16,17)15-4-7-2-1-3-13-8(7)5-15/h7-8,13-14H,1-6H2/t7-,8+/m0/s1. The molecule has 0 radical (unpaired) electrons. The normalized spacial score (nSPS) is 30.4. The van der Waals surface area contributed by atoms with Crippen LogP contribution in [0.1, 0.15) is 12.8 Å². The molecule has 2 N–H and O–H groups in total. The Balaban J connectivity index is 1.95. The van der Waals surface area contributed by atoms with E-state index < -0.39 is 22.9 Å². The highest BCUT2D eigenvalue weighted by atomic mass is 32.2. The predicted octanol–water partition coefficient (Wildman–Crippen LogP) is 0.0669. The van der Waals surface area contributed by atoms with Gasteiger partial charge in [0.1, 0.15) is 6.54 Å². The number of fused-ring (bicyclic) bond motifs is 1. The van der Waals surface area contributed by atoms with Crippen LogP contribution >= 0.6 is 0 Å². The van der Waals surface area contributed by atoms with Crippen molar-refractivity contribution >= 4 is 10.2 Å². The maximum atomic E-state index is 12.0. The maximum absolute atomic E-state index is 12.0. The zero-order valence-corrected chi connectivity index (χ0v) is 10.5. The fourth-order valence-electron chi connectivity index (χ4n) is 2.47. The van der Waals surface area contributed by atoms with Crippen molar-refractivity contribution in [2.24, 2.45) is 5.92 Å². The minimum atomic E-state index is -4.53. The molecule has 106 valence electrons. The van der Waals surface area contributed by atoms with E-state index in [2.05, 4.69) is 5.32 Å². The lowest BCUT2D eigenvalue weighted by Crippen LogP contribution is -2.44. The molecule has 5 nitrogen and oxygen atoms in total. The smallest absolute Gasteiger partial charge is 0.312 e. The van der Waals surface area contributed by atoms with Gasteiger partial charge in [0, 0.05) is 19.1 Å². The van der Waals surface area contributed by atoms with E-state index in [-0.39, 0.29) is 18.5 Å². The van der Waals surface area contributed by atoms with Crippen molar-refractivity contribution < 1.29 is 21.6 Å². The van der Waals surface area contributed by atoms with Crippen molar-refractivity contribution in [2.45, 2.75) is 25.1 Å². The average molecular weight is 287 g/mol. The number of alkyl halides is 3. The molecule has 2 saturated heterocycles. The molecule has 0 amide bonds. The first-order valence-electron chi connectivity index (χ1n) is 5.83. The van der Waals surface area contributed by atoms with Crippen LogP contribution in [-0.4, -0.2) is 51.1 Å². The van der Waals surface area contributed by atoms with Crippen molar-refractivity contribution in [3.05, 3.63) is 0 Å². The van der Waals surface area contributed by atoms with E-state index in [9.17, 15) is 21.6 Å². The van der Waals surface area contributed by atoms with Gasteiger partial charge in [-0.05, 0) is 25.3 Å². The number of hydrogen-bond acceptors (Lipinski definition) is 3. The summed E-state index contributed by atoms with van der Waals surface area (Å²) in [5.74, 6) is 0.209. The van der Waals surface area contributed by atoms with Gasteiger partial charge in [0.15, 0.2) is 0 Å². The molecule has 2 fully saturated rings. The van der Waals surface area contributed by atoms with Crippen LogP contribution < -0.4 is 10.0 Å². The van der Waals surface area contributed by atoms with Crippen LogP contribution in [0.3, 0.4) is 0 Å². The van der Waals surface area contributed by atoms with Crippen LogP contribution in [0.5, 0.6) is 0 Å². The second-order valence-corrected chi connectivity index (χ2v) is 6.48. The van der Waals surface area contributed by atoms with E-state index in [0.717, 1.165) is 23.7 Å². The topological polar surface area (TPSA) is 61.4 Å². The van der Waals surface area contributed by atoms with Crippen molar-refractivity contribution in [1.82, 2.24) is 14.3 Å². The molecule has 0 aromatic carbocycles. The van der Waals surface area contributed by atoms with Crippen LogP contribution in [0.4, 0.5) is 13.2 Å². The third-order valence-corrected chi connectivity index (χ3v) is 4.85. The highest BCUT2D eigenvalue weighted by Crippen LogP contribution is 2.26. The zero-order chi connectivity index (χ0) is 13.4. The summed E-state index contributed by atoms with van der Waals surface area (Å²) in [4.78, 5) is 0. The molecule has 2 heterocycles. The van der Waals surface area contributed by atoms with E-state index in [1.807, 2.05) is 0 Å². The maximum Gasteiger partial charge on any atom is 0.402 e. The van der Waals surface area contributed by atoms with Crippen molar-refractivity contribution in [1.29, 1.82) is 0 Å². The molecule has 2 aliphatic heterocycles. The van der Waals surface area contributed by atoms with E-state index in [4.69, 9.17) is 0 Å².